The summed E-state index contributed by atoms with van der Waals surface area (Å²) < 4.78 is 1.27. The summed E-state index contributed by atoms with van der Waals surface area (Å²) in [6.45, 7) is 8.60. The van der Waals surface area contributed by atoms with E-state index in [-0.39, 0.29) is 23.4 Å². The summed E-state index contributed by atoms with van der Waals surface area (Å²) >= 11 is 0. The Morgan fingerprint density at radius 3 is 2.58 bits per heavy atom. The third kappa shape index (κ3) is 3.45. The smallest absolute Gasteiger partial charge is 0.333 e. The number of benzene rings is 1. The van der Waals surface area contributed by atoms with Crippen molar-refractivity contribution in [3.05, 3.63) is 64.1 Å². The number of hydrogen-bond donors (Lipinski definition) is 1. The Balaban J connectivity index is 2.33. The summed E-state index contributed by atoms with van der Waals surface area (Å²) in [6, 6.07) is 8.45. The number of aryl methyl sites for hydroxylation is 1. The lowest BCUT2D eigenvalue weighted by Gasteiger charge is -2.18. The van der Waals surface area contributed by atoms with Gasteiger partial charge in [0, 0.05) is 11.6 Å². The third-order valence-electron chi connectivity index (χ3n) is 3.36. The molecule has 1 heterocycles. The minimum absolute atomic E-state index is 0.0274. The van der Waals surface area contributed by atoms with E-state index in [4.69, 9.17) is 4.84 Å². The number of hydrogen-bond acceptors (Lipinski definition) is 4. The Bertz CT molecular complexity index is 848. The highest BCUT2D eigenvalue weighted by Crippen LogP contribution is 2.11. The molecule has 0 aliphatic heterocycles. The molecule has 1 amide bonds. The van der Waals surface area contributed by atoms with Crippen LogP contribution < -0.4 is 5.56 Å². The van der Waals surface area contributed by atoms with Crippen molar-refractivity contribution in [2.45, 2.75) is 20.8 Å². The van der Waals surface area contributed by atoms with Crippen LogP contribution in [0.1, 0.15) is 29.9 Å². The van der Waals surface area contributed by atoms with Crippen LogP contribution >= 0.6 is 0 Å². The summed E-state index contributed by atoms with van der Waals surface area (Å²) in [5.41, 5.74) is 1.34. The summed E-state index contributed by atoms with van der Waals surface area (Å²) in [5, 5.41) is 3.63. The number of hydroxylamine groups is 2. The molecule has 0 spiro atoms. The average Bonchev–Trinajstić information content (AvgIpc) is 2.93. The van der Waals surface area contributed by atoms with Crippen LogP contribution in [0.2, 0.25) is 0 Å². The first-order valence-corrected chi connectivity index (χ1v) is 7.43. The van der Waals surface area contributed by atoms with Crippen LogP contribution in [-0.2, 0) is 9.63 Å². The first kappa shape index (κ1) is 17.3. The minimum Gasteiger partial charge on any atom is -0.333 e. The highest BCUT2D eigenvalue weighted by atomic mass is 16.7. The summed E-state index contributed by atoms with van der Waals surface area (Å²) in [4.78, 5) is 41.2. The second kappa shape index (κ2) is 6.99. The van der Waals surface area contributed by atoms with Crippen molar-refractivity contribution in [2.24, 2.45) is 0 Å². The molecular weight excluding hydrogens is 310 g/mol. The molecule has 1 aromatic heterocycles. The SMILES string of the molecule is C=C(C)C(=O)ON(CC)C(=O)c1cc(=O)n(-c2ccccc2C)[nH]1. The second-order valence-corrected chi connectivity index (χ2v) is 5.29. The number of aromatic amines is 1. The van der Waals surface area contributed by atoms with Gasteiger partial charge >= 0.3 is 11.9 Å². The van der Waals surface area contributed by atoms with Gasteiger partial charge in [-0.15, -0.1) is 0 Å². The first-order valence-electron chi connectivity index (χ1n) is 7.43. The van der Waals surface area contributed by atoms with Crippen molar-refractivity contribution >= 4 is 11.9 Å². The molecule has 0 aliphatic rings. The average molecular weight is 329 g/mol. The number of para-hydroxylation sites is 1. The van der Waals surface area contributed by atoms with Gasteiger partial charge in [0.2, 0.25) is 0 Å². The number of carbonyl (C=O) groups is 2. The second-order valence-electron chi connectivity index (χ2n) is 5.29. The van der Waals surface area contributed by atoms with Crippen LogP contribution in [0.3, 0.4) is 0 Å². The molecule has 0 saturated carbocycles. The minimum atomic E-state index is -0.703. The van der Waals surface area contributed by atoms with Gasteiger partial charge in [-0.3, -0.25) is 14.7 Å². The molecule has 1 N–H and O–H groups in total. The Hall–Kier alpha value is -3.09. The molecule has 0 saturated heterocycles. The molecule has 7 nitrogen and oxygen atoms in total. The van der Waals surface area contributed by atoms with E-state index < -0.39 is 11.9 Å². The van der Waals surface area contributed by atoms with Crippen LogP contribution in [0, 0.1) is 6.92 Å². The van der Waals surface area contributed by atoms with Crippen molar-refractivity contribution in [3.63, 3.8) is 0 Å². The van der Waals surface area contributed by atoms with E-state index in [0.717, 1.165) is 10.6 Å². The zero-order valence-electron chi connectivity index (χ0n) is 13.8. The monoisotopic (exact) mass is 329 g/mol. The van der Waals surface area contributed by atoms with E-state index in [1.54, 1.807) is 19.1 Å². The fraction of sp³-hybridized carbons (Fsp3) is 0.235. The van der Waals surface area contributed by atoms with Crippen LogP contribution in [0.25, 0.3) is 5.69 Å². The topological polar surface area (TPSA) is 84.4 Å². The lowest BCUT2D eigenvalue weighted by molar-refractivity contribution is -0.172. The summed E-state index contributed by atoms with van der Waals surface area (Å²) in [7, 11) is 0. The van der Waals surface area contributed by atoms with Gasteiger partial charge in [0.1, 0.15) is 5.69 Å². The van der Waals surface area contributed by atoms with Gasteiger partial charge in [-0.1, -0.05) is 24.8 Å². The van der Waals surface area contributed by atoms with E-state index >= 15 is 0 Å². The van der Waals surface area contributed by atoms with Gasteiger partial charge in [0.25, 0.3) is 5.56 Å². The molecule has 7 heteroatoms. The van der Waals surface area contributed by atoms with Crippen molar-refractivity contribution < 1.29 is 14.4 Å². The molecule has 1 aromatic carbocycles. The zero-order chi connectivity index (χ0) is 17.9. The van der Waals surface area contributed by atoms with Gasteiger partial charge in [0.05, 0.1) is 12.2 Å². The van der Waals surface area contributed by atoms with Crippen LogP contribution in [-0.4, -0.2) is 33.3 Å². The van der Waals surface area contributed by atoms with Crippen molar-refractivity contribution in [1.82, 2.24) is 14.8 Å². The van der Waals surface area contributed by atoms with Crippen molar-refractivity contribution in [1.29, 1.82) is 0 Å². The highest BCUT2D eigenvalue weighted by molar-refractivity contribution is 5.94. The van der Waals surface area contributed by atoms with Gasteiger partial charge in [-0.25, -0.2) is 9.48 Å². The van der Waals surface area contributed by atoms with E-state index in [9.17, 15) is 14.4 Å². The van der Waals surface area contributed by atoms with Gasteiger partial charge in [-0.2, -0.15) is 5.06 Å². The molecule has 0 unspecified atom stereocenters. The number of aromatic nitrogens is 2. The Labute approximate surface area is 139 Å². The predicted molar refractivity (Wildman–Crippen MR) is 88.7 cm³/mol. The van der Waals surface area contributed by atoms with E-state index in [2.05, 4.69) is 11.7 Å². The molecule has 0 fully saturated rings. The Morgan fingerprint density at radius 2 is 2.00 bits per heavy atom. The lowest BCUT2D eigenvalue weighted by atomic mass is 10.2. The van der Waals surface area contributed by atoms with E-state index in [0.29, 0.717) is 5.69 Å². The molecule has 2 aromatic rings. The molecule has 0 atom stereocenters. The van der Waals surface area contributed by atoms with Crippen molar-refractivity contribution in [3.8, 4) is 5.69 Å². The van der Waals surface area contributed by atoms with Gasteiger partial charge in [0.15, 0.2) is 0 Å². The molecule has 24 heavy (non-hydrogen) atoms. The first-order chi connectivity index (χ1) is 11.3. The molecular formula is C17H19N3O4. The molecule has 0 aliphatic carbocycles. The lowest BCUT2D eigenvalue weighted by Crippen LogP contribution is -2.34. The molecule has 126 valence electrons. The fourth-order valence-corrected chi connectivity index (χ4v) is 2.06. The maximum atomic E-state index is 12.5. The summed E-state index contributed by atoms with van der Waals surface area (Å²) in [6.07, 6.45) is 0. The quantitative estimate of drug-likeness (QED) is 0.686. The number of amides is 1. The summed E-state index contributed by atoms with van der Waals surface area (Å²) in [5.74, 6) is -1.32. The highest BCUT2D eigenvalue weighted by Gasteiger charge is 2.22. The number of nitrogens with zero attached hydrogens (tertiary/aromatic N) is 2. The predicted octanol–water partition coefficient (Wildman–Crippen LogP) is 1.97. The van der Waals surface area contributed by atoms with Crippen LogP contribution in [0.15, 0.2) is 47.3 Å². The van der Waals surface area contributed by atoms with E-state index in [1.165, 1.54) is 17.7 Å². The van der Waals surface area contributed by atoms with Crippen LogP contribution in [0.4, 0.5) is 0 Å². The third-order valence-corrected chi connectivity index (χ3v) is 3.36. The maximum absolute atomic E-state index is 12.5. The van der Waals surface area contributed by atoms with E-state index in [1.807, 2.05) is 19.1 Å². The largest absolute Gasteiger partial charge is 0.358 e. The number of rotatable bonds is 4. The van der Waals surface area contributed by atoms with Crippen LogP contribution in [0.5, 0.6) is 0 Å². The fourth-order valence-electron chi connectivity index (χ4n) is 2.06. The maximum Gasteiger partial charge on any atom is 0.358 e. The van der Waals surface area contributed by atoms with Crippen molar-refractivity contribution in [2.75, 3.05) is 6.54 Å². The standard InChI is InChI=1S/C17H19N3O4/c1-5-19(24-17(23)11(2)3)16(22)13-10-15(21)20(18-13)14-9-7-6-8-12(14)4/h6-10,18H,2,5H2,1,3-4H3. The Morgan fingerprint density at radius 1 is 1.33 bits per heavy atom. The zero-order valence-corrected chi connectivity index (χ0v) is 13.8. The molecule has 0 radical (unpaired) electrons. The molecule has 0 bridgehead atoms. The van der Waals surface area contributed by atoms with Gasteiger partial charge < -0.3 is 4.84 Å². The molecule has 2 rings (SSSR count). The number of H-pyrrole nitrogens is 1. The number of nitrogens with one attached hydrogen (secondary N) is 1. The van der Waals surface area contributed by atoms with Gasteiger partial charge in [-0.05, 0) is 32.4 Å². The Kier molecular flexibility index (Phi) is 5.03. The normalized spacial score (nSPS) is 10.3. The number of carbonyl (C=O) groups excluding carboxylic acids is 2.